The molecule has 0 spiro atoms. The first kappa shape index (κ1) is 29.8. The van der Waals surface area contributed by atoms with Crippen LogP contribution in [0.1, 0.15) is 39.5 Å². The van der Waals surface area contributed by atoms with Gasteiger partial charge >= 0.3 is 26.2 Å². The second kappa shape index (κ2) is 45.0. The minimum absolute atomic E-state index is 0. The van der Waals surface area contributed by atoms with Crippen molar-refractivity contribution in [2.75, 3.05) is 0 Å². The van der Waals surface area contributed by atoms with Gasteiger partial charge in [-0.3, -0.25) is 0 Å². The number of hydrogen-bond donors (Lipinski definition) is 0. The Bertz CT molecular complexity index is 20.1. The number of unbranched alkanes of at least 4 members (excludes halogenated alkanes) is 2. The summed E-state index contributed by atoms with van der Waals surface area (Å²) in [6, 6.07) is 0. The average Bonchev–Trinajstić information content (AvgIpc) is 1.88. The predicted molar refractivity (Wildman–Crippen MR) is 44.4 cm³/mol. The van der Waals surface area contributed by atoms with E-state index in [1.807, 2.05) is 0 Å². The molecule has 0 saturated heterocycles. The maximum absolute atomic E-state index is 3.60. The molecule has 0 amide bonds. The van der Waals surface area contributed by atoms with E-state index < -0.39 is 0 Å². The molecule has 0 fully saturated rings. The van der Waals surface area contributed by atoms with Gasteiger partial charge < -0.3 is 24.8 Å². The fraction of sp³-hybridized carbons (Fsp3) is 0.750. The number of rotatable bonds is 2. The van der Waals surface area contributed by atoms with Crippen LogP contribution in [0.25, 0.3) is 0 Å². The molecule has 3 heteroatoms. The van der Waals surface area contributed by atoms with E-state index in [-0.39, 0.29) is 37.2 Å². The molecular formula is C8H20O2Zr. The van der Waals surface area contributed by atoms with E-state index in [0.29, 0.717) is 0 Å². The first-order valence-corrected chi connectivity index (χ1v) is 3.41. The van der Waals surface area contributed by atoms with Gasteiger partial charge in [-0.15, -0.1) is 0 Å². The van der Waals surface area contributed by atoms with E-state index in [1.165, 1.54) is 12.8 Å². The second-order valence-electron chi connectivity index (χ2n) is 1.71. The van der Waals surface area contributed by atoms with Crippen molar-refractivity contribution in [3.8, 4) is 0 Å². The molecule has 0 unspecified atom stereocenters. The van der Waals surface area contributed by atoms with Gasteiger partial charge in [0.1, 0.15) is 0 Å². The van der Waals surface area contributed by atoms with Crippen molar-refractivity contribution in [3.05, 3.63) is 13.8 Å². The van der Waals surface area contributed by atoms with Crippen LogP contribution >= 0.6 is 0 Å². The smallest absolute Gasteiger partial charge is 0.870 e. The summed E-state index contributed by atoms with van der Waals surface area (Å²) in [5.74, 6) is 0. The Hall–Kier alpha value is 0.803. The van der Waals surface area contributed by atoms with Gasteiger partial charge in [0.05, 0.1) is 0 Å². The molecule has 0 aliphatic carbocycles. The van der Waals surface area contributed by atoms with Crippen molar-refractivity contribution in [2.45, 2.75) is 39.5 Å². The predicted octanol–water partition coefficient (Wildman–Crippen LogP) is 2.89. The SMILES string of the molecule is [CH2-]CCC.[CH2-]CCC.[OH-].[OH-].[Zr+4]. The van der Waals surface area contributed by atoms with Gasteiger partial charge in [0.2, 0.25) is 0 Å². The maximum atomic E-state index is 3.60. The Kier molecular flexibility index (Phi) is 122. The van der Waals surface area contributed by atoms with Gasteiger partial charge in [0, 0.05) is 0 Å². The van der Waals surface area contributed by atoms with Gasteiger partial charge in [-0.1, -0.05) is 26.7 Å². The molecule has 0 atom stereocenters. The summed E-state index contributed by atoms with van der Waals surface area (Å²) in [4.78, 5) is 0. The molecule has 0 aliphatic heterocycles. The first-order chi connectivity index (χ1) is 3.83. The molecule has 0 radical (unpaired) electrons. The van der Waals surface area contributed by atoms with Gasteiger partial charge in [-0.05, 0) is 0 Å². The third-order valence-corrected chi connectivity index (χ3v) is 0.707. The molecule has 0 saturated carbocycles. The van der Waals surface area contributed by atoms with E-state index >= 15 is 0 Å². The van der Waals surface area contributed by atoms with Crippen LogP contribution in [-0.2, 0) is 26.2 Å². The van der Waals surface area contributed by atoms with Gasteiger partial charge in [-0.25, -0.2) is 0 Å². The molecular weight excluding hydrogens is 219 g/mol. The molecule has 0 aliphatic rings. The maximum Gasteiger partial charge on any atom is 4.00 e. The van der Waals surface area contributed by atoms with E-state index in [9.17, 15) is 0 Å². The molecule has 0 aromatic rings. The van der Waals surface area contributed by atoms with E-state index in [2.05, 4.69) is 27.7 Å². The largest absolute Gasteiger partial charge is 4.00 e. The Morgan fingerprint density at radius 2 is 0.909 bits per heavy atom. The van der Waals surface area contributed by atoms with Crippen LogP contribution in [0.15, 0.2) is 0 Å². The molecule has 0 aromatic carbocycles. The third kappa shape index (κ3) is 107. The molecule has 68 valence electrons. The summed E-state index contributed by atoms with van der Waals surface area (Å²) in [6.07, 6.45) is 4.56. The molecule has 0 rings (SSSR count). The zero-order chi connectivity index (χ0) is 6.83. The number of hydrogen-bond acceptors (Lipinski definition) is 2. The Labute approximate surface area is 90.5 Å². The van der Waals surface area contributed by atoms with Crippen molar-refractivity contribution in [3.63, 3.8) is 0 Å². The minimum Gasteiger partial charge on any atom is -0.870 e. The van der Waals surface area contributed by atoms with Crippen LogP contribution < -0.4 is 0 Å². The molecule has 2 N–H and O–H groups in total. The van der Waals surface area contributed by atoms with Crippen LogP contribution in [0.2, 0.25) is 0 Å². The zero-order valence-corrected chi connectivity index (χ0v) is 10.1. The minimum atomic E-state index is 0. The van der Waals surface area contributed by atoms with Crippen molar-refractivity contribution >= 4 is 0 Å². The summed E-state index contributed by atoms with van der Waals surface area (Å²) >= 11 is 0. The van der Waals surface area contributed by atoms with Crippen molar-refractivity contribution in [1.29, 1.82) is 0 Å². The van der Waals surface area contributed by atoms with Crippen LogP contribution in [0.3, 0.4) is 0 Å². The Balaban J connectivity index is -0.0000000171. The average molecular weight is 239 g/mol. The molecule has 0 aromatic heterocycles. The Morgan fingerprint density at radius 1 is 0.818 bits per heavy atom. The van der Waals surface area contributed by atoms with Gasteiger partial charge in [0.15, 0.2) is 0 Å². The van der Waals surface area contributed by atoms with Crippen LogP contribution in [0, 0.1) is 13.8 Å². The first-order valence-electron chi connectivity index (χ1n) is 3.41. The van der Waals surface area contributed by atoms with Crippen LogP contribution in [0.5, 0.6) is 0 Å². The zero-order valence-electron chi connectivity index (χ0n) is 7.64. The summed E-state index contributed by atoms with van der Waals surface area (Å²) < 4.78 is 0. The quantitative estimate of drug-likeness (QED) is 0.696. The van der Waals surface area contributed by atoms with E-state index in [0.717, 1.165) is 12.8 Å². The normalized spacial score (nSPS) is 5.45. The third-order valence-electron chi connectivity index (χ3n) is 0.707. The topological polar surface area (TPSA) is 60.0 Å². The monoisotopic (exact) mass is 238 g/mol. The van der Waals surface area contributed by atoms with E-state index in [4.69, 9.17) is 0 Å². The van der Waals surface area contributed by atoms with Crippen molar-refractivity contribution in [2.24, 2.45) is 0 Å². The summed E-state index contributed by atoms with van der Waals surface area (Å²) in [6.45, 7) is 11.4. The van der Waals surface area contributed by atoms with Crippen LogP contribution in [0.4, 0.5) is 0 Å². The Morgan fingerprint density at radius 3 is 0.909 bits per heavy atom. The fourth-order valence-corrected chi connectivity index (χ4v) is 0. The second-order valence-corrected chi connectivity index (χ2v) is 1.71. The molecule has 2 nitrogen and oxygen atoms in total. The molecule has 0 heterocycles. The van der Waals surface area contributed by atoms with Crippen LogP contribution in [-0.4, -0.2) is 11.0 Å². The van der Waals surface area contributed by atoms with Gasteiger partial charge in [-0.2, -0.15) is 12.8 Å². The molecule has 0 bridgehead atoms. The summed E-state index contributed by atoms with van der Waals surface area (Å²) in [7, 11) is 0. The van der Waals surface area contributed by atoms with E-state index in [1.54, 1.807) is 0 Å². The summed E-state index contributed by atoms with van der Waals surface area (Å²) in [5, 5.41) is 0. The molecule has 11 heavy (non-hydrogen) atoms. The van der Waals surface area contributed by atoms with Gasteiger partial charge in [0.25, 0.3) is 0 Å². The van der Waals surface area contributed by atoms with Crippen molar-refractivity contribution in [1.82, 2.24) is 0 Å². The fourth-order valence-electron chi connectivity index (χ4n) is 0. The van der Waals surface area contributed by atoms with Crippen molar-refractivity contribution < 1.29 is 37.2 Å². The standard InChI is InChI=1S/2C4H9.2H2O.Zr/c2*1-3-4-2;;;/h2*1,3-4H2,2H3;2*1H2;/q2*-1;;;+4/p-2. The summed E-state index contributed by atoms with van der Waals surface area (Å²) in [5.41, 5.74) is 0.